The van der Waals surface area contributed by atoms with Gasteiger partial charge in [-0.3, -0.25) is 4.79 Å². The van der Waals surface area contributed by atoms with Crippen LogP contribution >= 0.6 is 0 Å². The van der Waals surface area contributed by atoms with E-state index in [2.05, 4.69) is 6.19 Å². The summed E-state index contributed by atoms with van der Waals surface area (Å²) in [6.45, 7) is 3.20. The Hall–Kier alpha value is -1.24. The van der Waals surface area contributed by atoms with E-state index in [1.807, 2.05) is 0 Å². The van der Waals surface area contributed by atoms with Crippen molar-refractivity contribution < 1.29 is 9.53 Å². The van der Waals surface area contributed by atoms with Gasteiger partial charge in [-0.1, -0.05) is 6.92 Å². The molecule has 4 heteroatoms. The number of hydrogen-bond donors (Lipinski definition) is 0. The summed E-state index contributed by atoms with van der Waals surface area (Å²) in [6, 6.07) is 0. The lowest BCUT2D eigenvalue weighted by atomic mass is 10.1. The van der Waals surface area contributed by atoms with Crippen molar-refractivity contribution in [3.8, 4) is 6.19 Å². The van der Waals surface area contributed by atoms with Crippen LogP contribution in [-0.4, -0.2) is 30.1 Å². The minimum Gasteiger partial charge on any atom is -0.462 e. The highest BCUT2D eigenvalue weighted by molar-refractivity contribution is 5.69. The predicted octanol–water partition coefficient (Wildman–Crippen LogP) is 0.885. The molecule has 1 rings (SSSR count). The maximum atomic E-state index is 10.9. The minimum atomic E-state index is -0.143. The van der Waals surface area contributed by atoms with Gasteiger partial charge in [-0.05, 0) is 0 Å². The summed E-state index contributed by atoms with van der Waals surface area (Å²) >= 11 is 0. The monoisotopic (exact) mass is 182 g/mol. The number of carbonyl (C=O) groups is 1. The molecule has 0 spiro atoms. The first-order valence-corrected chi connectivity index (χ1v) is 4.60. The van der Waals surface area contributed by atoms with E-state index in [-0.39, 0.29) is 12.1 Å². The van der Waals surface area contributed by atoms with Crippen LogP contribution in [0.25, 0.3) is 0 Å². The van der Waals surface area contributed by atoms with Crippen molar-refractivity contribution in [1.29, 1.82) is 5.26 Å². The molecule has 1 saturated heterocycles. The van der Waals surface area contributed by atoms with Crippen LogP contribution in [0.15, 0.2) is 0 Å². The smallest absolute Gasteiger partial charge is 0.305 e. The van der Waals surface area contributed by atoms with Gasteiger partial charge in [-0.15, -0.1) is 0 Å². The lowest BCUT2D eigenvalue weighted by Crippen LogP contribution is -2.34. The molecule has 1 heterocycles. The first kappa shape index (κ1) is 9.85. The van der Waals surface area contributed by atoms with E-state index in [0.717, 1.165) is 12.8 Å². The van der Waals surface area contributed by atoms with Crippen molar-refractivity contribution in [3.05, 3.63) is 0 Å². The first-order valence-electron chi connectivity index (χ1n) is 4.60. The van der Waals surface area contributed by atoms with E-state index >= 15 is 0 Å². The molecule has 0 saturated carbocycles. The van der Waals surface area contributed by atoms with E-state index in [1.165, 1.54) is 0 Å². The van der Waals surface area contributed by atoms with Gasteiger partial charge in [0.05, 0.1) is 0 Å². The maximum absolute atomic E-state index is 10.9. The number of carbonyl (C=O) groups excluding carboxylic acids is 1. The zero-order chi connectivity index (χ0) is 9.68. The Labute approximate surface area is 78.1 Å². The molecule has 0 aromatic carbocycles. The summed E-state index contributed by atoms with van der Waals surface area (Å²) in [6.07, 6.45) is 4.09. The Kier molecular flexibility index (Phi) is 3.56. The number of nitrogens with zero attached hydrogens (tertiary/aromatic N) is 2. The second kappa shape index (κ2) is 4.70. The van der Waals surface area contributed by atoms with Crippen molar-refractivity contribution >= 4 is 5.97 Å². The van der Waals surface area contributed by atoms with Gasteiger partial charge >= 0.3 is 5.97 Å². The standard InChI is InChI=1S/C9H14N2O2/c1-2-9(12)13-8-3-5-11(7-10)6-4-8/h8H,2-6H2,1H3. The molecule has 0 aromatic rings. The normalized spacial score (nSPS) is 18.0. The van der Waals surface area contributed by atoms with E-state index < -0.39 is 0 Å². The van der Waals surface area contributed by atoms with Crippen molar-refractivity contribution in [2.24, 2.45) is 0 Å². The topological polar surface area (TPSA) is 53.3 Å². The van der Waals surface area contributed by atoms with Crippen molar-refractivity contribution in [3.63, 3.8) is 0 Å². The molecule has 1 aliphatic rings. The molecule has 0 amide bonds. The molecule has 0 aromatic heterocycles. The molecule has 0 atom stereocenters. The van der Waals surface area contributed by atoms with E-state index in [9.17, 15) is 4.79 Å². The second-order valence-electron chi connectivity index (χ2n) is 3.13. The van der Waals surface area contributed by atoms with Crippen LogP contribution in [0.3, 0.4) is 0 Å². The van der Waals surface area contributed by atoms with Crippen LogP contribution in [0.5, 0.6) is 0 Å². The average molecular weight is 182 g/mol. The fourth-order valence-corrected chi connectivity index (χ4v) is 1.34. The number of nitriles is 1. The molecule has 0 N–H and O–H groups in total. The maximum Gasteiger partial charge on any atom is 0.305 e. The predicted molar refractivity (Wildman–Crippen MR) is 46.6 cm³/mol. The molecule has 1 fully saturated rings. The van der Waals surface area contributed by atoms with Crippen molar-refractivity contribution in [2.75, 3.05) is 13.1 Å². The quantitative estimate of drug-likeness (QED) is 0.470. The summed E-state index contributed by atoms with van der Waals surface area (Å²) in [4.78, 5) is 12.6. The molecule has 0 bridgehead atoms. The Bertz CT molecular complexity index is 214. The minimum absolute atomic E-state index is 0.0250. The highest BCUT2D eigenvalue weighted by atomic mass is 16.5. The zero-order valence-electron chi connectivity index (χ0n) is 7.82. The number of hydrogen-bond acceptors (Lipinski definition) is 4. The third-order valence-electron chi connectivity index (χ3n) is 2.17. The van der Waals surface area contributed by atoms with Gasteiger partial charge in [0.25, 0.3) is 0 Å². The number of likely N-dealkylation sites (tertiary alicyclic amines) is 1. The van der Waals surface area contributed by atoms with Crippen LogP contribution in [0.4, 0.5) is 0 Å². The highest BCUT2D eigenvalue weighted by Crippen LogP contribution is 2.13. The van der Waals surface area contributed by atoms with Gasteiger partial charge in [-0.2, -0.15) is 5.26 Å². The van der Waals surface area contributed by atoms with E-state index in [4.69, 9.17) is 10.00 Å². The fraction of sp³-hybridized carbons (Fsp3) is 0.778. The fourth-order valence-electron chi connectivity index (χ4n) is 1.34. The molecule has 72 valence electrons. The van der Waals surface area contributed by atoms with Gasteiger partial charge in [-0.25, -0.2) is 0 Å². The molecule has 0 aliphatic carbocycles. The van der Waals surface area contributed by atoms with Gasteiger partial charge < -0.3 is 9.64 Å². The Morgan fingerprint density at radius 3 is 2.69 bits per heavy atom. The zero-order valence-corrected chi connectivity index (χ0v) is 7.82. The van der Waals surface area contributed by atoms with Gasteiger partial charge in [0.2, 0.25) is 0 Å². The highest BCUT2D eigenvalue weighted by Gasteiger charge is 2.20. The van der Waals surface area contributed by atoms with E-state index in [0.29, 0.717) is 19.5 Å². The molecular formula is C9H14N2O2. The lowest BCUT2D eigenvalue weighted by molar-refractivity contribution is -0.150. The van der Waals surface area contributed by atoms with Crippen LogP contribution in [0, 0.1) is 11.5 Å². The Morgan fingerprint density at radius 1 is 1.62 bits per heavy atom. The van der Waals surface area contributed by atoms with Gasteiger partial charge in [0, 0.05) is 32.4 Å². The lowest BCUT2D eigenvalue weighted by Gasteiger charge is -2.27. The molecule has 1 aliphatic heterocycles. The third kappa shape index (κ3) is 2.94. The number of ether oxygens (including phenoxy) is 1. The van der Waals surface area contributed by atoms with Gasteiger partial charge in [0.15, 0.2) is 6.19 Å². The van der Waals surface area contributed by atoms with Crippen molar-refractivity contribution in [2.45, 2.75) is 32.3 Å². The summed E-state index contributed by atoms with van der Waals surface area (Å²) < 4.78 is 5.16. The molecule has 0 radical (unpaired) electrons. The summed E-state index contributed by atoms with van der Waals surface area (Å²) in [5.74, 6) is -0.143. The van der Waals surface area contributed by atoms with Crippen LogP contribution in [0.1, 0.15) is 26.2 Å². The largest absolute Gasteiger partial charge is 0.462 e. The third-order valence-corrected chi connectivity index (χ3v) is 2.17. The second-order valence-corrected chi connectivity index (χ2v) is 3.13. The summed E-state index contributed by atoms with van der Waals surface area (Å²) in [5.41, 5.74) is 0. The SMILES string of the molecule is CCC(=O)OC1CCN(C#N)CC1. The van der Waals surface area contributed by atoms with Crippen LogP contribution < -0.4 is 0 Å². The summed E-state index contributed by atoms with van der Waals surface area (Å²) in [7, 11) is 0. The molecule has 4 nitrogen and oxygen atoms in total. The summed E-state index contributed by atoms with van der Waals surface area (Å²) in [5, 5.41) is 8.57. The molecule has 0 unspecified atom stereocenters. The molecule has 13 heavy (non-hydrogen) atoms. The average Bonchev–Trinajstić information content (AvgIpc) is 2.19. The van der Waals surface area contributed by atoms with Gasteiger partial charge in [0.1, 0.15) is 6.10 Å². The van der Waals surface area contributed by atoms with Crippen LogP contribution in [0.2, 0.25) is 0 Å². The van der Waals surface area contributed by atoms with E-state index in [1.54, 1.807) is 11.8 Å². The van der Waals surface area contributed by atoms with Crippen molar-refractivity contribution in [1.82, 2.24) is 4.90 Å². The number of piperidine rings is 1. The number of esters is 1. The first-order chi connectivity index (χ1) is 6.26. The number of rotatable bonds is 2. The Morgan fingerprint density at radius 2 is 2.23 bits per heavy atom. The Balaban J connectivity index is 2.26. The van der Waals surface area contributed by atoms with Crippen LogP contribution in [-0.2, 0) is 9.53 Å². The molecular weight excluding hydrogens is 168 g/mol.